The molecule has 1 aromatic heterocycles. The van der Waals surface area contributed by atoms with Gasteiger partial charge < -0.3 is 10.0 Å². The second-order valence-corrected chi connectivity index (χ2v) is 8.35. The van der Waals surface area contributed by atoms with E-state index in [4.69, 9.17) is 34.8 Å². The van der Waals surface area contributed by atoms with Gasteiger partial charge in [0.2, 0.25) is 0 Å². The second kappa shape index (κ2) is 8.05. The topological polar surface area (TPSA) is 39.6 Å². The summed E-state index contributed by atoms with van der Waals surface area (Å²) in [5, 5.41) is 13.5. The van der Waals surface area contributed by atoms with Crippen LogP contribution in [0.3, 0.4) is 0 Å². The van der Waals surface area contributed by atoms with Crippen LogP contribution in [0.25, 0.3) is 10.9 Å². The first-order valence-electron chi connectivity index (χ1n) is 9.09. The average Bonchev–Trinajstić information content (AvgIpc) is 2.69. The summed E-state index contributed by atoms with van der Waals surface area (Å²) in [5.41, 5.74) is 2.08. The molecule has 1 aliphatic rings. The van der Waals surface area contributed by atoms with Gasteiger partial charge in [-0.2, -0.15) is 0 Å². The number of hydrogen-bond donors (Lipinski definition) is 1. The van der Waals surface area contributed by atoms with Crippen LogP contribution in [-0.2, 0) is 0 Å². The highest BCUT2D eigenvalue weighted by molar-refractivity contribution is 6.36. The van der Waals surface area contributed by atoms with E-state index < -0.39 is 0 Å². The molecular formula is C21H20Cl3N3O. The second-order valence-electron chi connectivity index (χ2n) is 7.10. The minimum atomic E-state index is -0.248. The number of piperazine rings is 1. The van der Waals surface area contributed by atoms with Gasteiger partial charge >= 0.3 is 0 Å². The summed E-state index contributed by atoms with van der Waals surface area (Å²) in [6.45, 7) is 3.55. The van der Waals surface area contributed by atoms with Crippen molar-refractivity contribution >= 4 is 45.7 Å². The molecule has 3 aromatic rings. The van der Waals surface area contributed by atoms with Gasteiger partial charge in [0.05, 0.1) is 11.1 Å². The molecule has 1 unspecified atom stereocenters. The number of phenolic OH excluding ortho intramolecular Hbond substituents is 1. The van der Waals surface area contributed by atoms with Crippen LogP contribution in [0.1, 0.15) is 17.2 Å². The lowest BCUT2D eigenvalue weighted by atomic mass is 9.94. The van der Waals surface area contributed by atoms with Crippen molar-refractivity contribution in [2.45, 2.75) is 6.04 Å². The van der Waals surface area contributed by atoms with Gasteiger partial charge in [-0.1, -0.05) is 40.9 Å². The van der Waals surface area contributed by atoms with Gasteiger partial charge in [-0.25, -0.2) is 0 Å². The van der Waals surface area contributed by atoms with Crippen LogP contribution in [0.15, 0.2) is 42.6 Å². The number of aromatic nitrogens is 1. The van der Waals surface area contributed by atoms with Crippen molar-refractivity contribution in [3.63, 3.8) is 0 Å². The zero-order valence-corrected chi connectivity index (χ0v) is 17.6. The lowest BCUT2D eigenvalue weighted by Crippen LogP contribution is -2.46. The number of fused-ring (bicyclic) bond motifs is 1. The highest BCUT2D eigenvalue weighted by Gasteiger charge is 2.30. The molecular weight excluding hydrogens is 417 g/mol. The molecule has 0 aliphatic carbocycles. The van der Waals surface area contributed by atoms with Crippen molar-refractivity contribution in [1.82, 2.24) is 14.8 Å². The zero-order chi connectivity index (χ0) is 19.8. The van der Waals surface area contributed by atoms with Crippen LogP contribution >= 0.6 is 34.8 Å². The lowest BCUT2D eigenvalue weighted by molar-refractivity contribution is 0.126. The predicted molar refractivity (Wildman–Crippen MR) is 116 cm³/mol. The van der Waals surface area contributed by atoms with E-state index in [0.717, 1.165) is 37.1 Å². The molecule has 0 spiro atoms. The normalized spacial score (nSPS) is 17.1. The third kappa shape index (κ3) is 3.68. The quantitative estimate of drug-likeness (QED) is 0.609. The van der Waals surface area contributed by atoms with Gasteiger partial charge in [0.25, 0.3) is 0 Å². The Morgan fingerprint density at radius 1 is 0.964 bits per heavy atom. The summed E-state index contributed by atoms with van der Waals surface area (Å²) >= 11 is 19.3. The number of likely N-dealkylation sites (N-methyl/N-ethyl adjacent to an activating group) is 1. The predicted octanol–water partition coefficient (Wildman–Crippen LogP) is 5.24. The molecule has 0 saturated carbocycles. The number of aromatic hydroxyl groups is 1. The van der Waals surface area contributed by atoms with E-state index in [1.165, 1.54) is 0 Å². The molecule has 1 saturated heterocycles. The summed E-state index contributed by atoms with van der Waals surface area (Å²) in [7, 11) is 2.11. The molecule has 1 N–H and O–H groups in total. The van der Waals surface area contributed by atoms with Crippen LogP contribution in [0, 0.1) is 0 Å². The van der Waals surface area contributed by atoms with E-state index in [9.17, 15) is 5.11 Å². The third-order valence-electron chi connectivity index (χ3n) is 5.30. The number of benzene rings is 2. The fourth-order valence-corrected chi connectivity index (χ4v) is 4.56. The molecule has 2 aromatic carbocycles. The Morgan fingerprint density at radius 2 is 1.71 bits per heavy atom. The minimum Gasteiger partial charge on any atom is -0.505 e. The molecule has 0 bridgehead atoms. The first kappa shape index (κ1) is 19.7. The van der Waals surface area contributed by atoms with Crippen LogP contribution in [0.2, 0.25) is 15.1 Å². The number of hydrogen-bond acceptors (Lipinski definition) is 4. The SMILES string of the molecule is CN1CCN(C(c2ccc(Cl)cc2Cl)c2cc(Cl)c3cccnc3c2O)CC1. The Hall–Kier alpha value is -1.56. The van der Waals surface area contributed by atoms with E-state index in [-0.39, 0.29) is 11.8 Å². The summed E-state index contributed by atoms with van der Waals surface area (Å²) in [6, 6.07) is 10.7. The summed E-state index contributed by atoms with van der Waals surface area (Å²) in [5.74, 6) is 0.134. The highest BCUT2D eigenvalue weighted by Crippen LogP contribution is 2.43. The molecule has 0 radical (unpaired) electrons. The van der Waals surface area contributed by atoms with E-state index in [2.05, 4.69) is 21.8 Å². The highest BCUT2D eigenvalue weighted by atomic mass is 35.5. The summed E-state index contributed by atoms with van der Waals surface area (Å²) < 4.78 is 0. The van der Waals surface area contributed by atoms with Crippen molar-refractivity contribution < 1.29 is 5.11 Å². The number of rotatable bonds is 3. The van der Waals surface area contributed by atoms with E-state index in [0.29, 0.717) is 26.1 Å². The summed E-state index contributed by atoms with van der Waals surface area (Å²) in [4.78, 5) is 8.96. The number of halogens is 3. The lowest BCUT2D eigenvalue weighted by Gasteiger charge is -2.39. The first-order chi connectivity index (χ1) is 13.5. The fraction of sp³-hybridized carbons (Fsp3) is 0.286. The summed E-state index contributed by atoms with van der Waals surface area (Å²) in [6.07, 6.45) is 1.66. The van der Waals surface area contributed by atoms with Crippen molar-refractivity contribution in [3.05, 3.63) is 68.8 Å². The molecule has 7 heteroatoms. The third-order valence-corrected chi connectivity index (χ3v) is 6.17. The van der Waals surface area contributed by atoms with Gasteiger partial charge in [-0.3, -0.25) is 9.88 Å². The Kier molecular flexibility index (Phi) is 5.68. The van der Waals surface area contributed by atoms with Gasteiger partial charge in [-0.15, -0.1) is 0 Å². The standard InChI is InChI=1S/C21H20Cl3N3O/c1-26-7-9-27(10-8-26)20(15-5-4-13(22)11-17(15)23)16-12-18(24)14-3-2-6-25-19(14)21(16)28/h2-6,11-12,20,28H,7-10H2,1H3. The fourth-order valence-electron chi connectivity index (χ4n) is 3.78. The molecule has 0 amide bonds. The number of phenols is 1. The van der Waals surface area contributed by atoms with Crippen LogP contribution in [0.5, 0.6) is 5.75 Å². The van der Waals surface area contributed by atoms with E-state index in [1.807, 2.05) is 24.3 Å². The van der Waals surface area contributed by atoms with Crippen LogP contribution in [-0.4, -0.2) is 53.1 Å². The maximum Gasteiger partial charge on any atom is 0.147 e. The molecule has 4 rings (SSSR count). The Morgan fingerprint density at radius 3 is 2.43 bits per heavy atom. The monoisotopic (exact) mass is 435 g/mol. The molecule has 28 heavy (non-hydrogen) atoms. The van der Waals surface area contributed by atoms with Gasteiger partial charge in [0.1, 0.15) is 11.3 Å². The molecule has 1 fully saturated rings. The largest absolute Gasteiger partial charge is 0.505 e. The molecule has 2 heterocycles. The molecule has 1 atom stereocenters. The maximum atomic E-state index is 11.1. The maximum absolute atomic E-state index is 11.1. The molecule has 4 nitrogen and oxygen atoms in total. The Balaban J connectivity index is 1.91. The van der Waals surface area contributed by atoms with Gasteiger partial charge in [0, 0.05) is 53.4 Å². The molecule has 146 valence electrons. The van der Waals surface area contributed by atoms with Crippen LogP contribution in [0.4, 0.5) is 0 Å². The van der Waals surface area contributed by atoms with Crippen molar-refractivity contribution in [1.29, 1.82) is 0 Å². The Bertz CT molecular complexity index is 1020. The van der Waals surface area contributed by atoms with E-state index in [1.54, 1.807) is 18.3 Å². The number of nitrogens with zero attached hydrogens (tertiary/aromatic N) is 3. The average molecular weight is 437 g/mol. The van der Waals surface area contributed by atoms with E-state index >= 15 is 0 Å². The van der Waals surface area contributed by atoms with Crippen molar-refractivity contribution in [2.75, 3.05) is 33.2 Å². The van der Waals surface area contributed by atoms with Gasteiger partial charge in [-0.05, 0) is 42.9 Å². The Labute approximate surface area is 179 Å². The smallest absolute Gasteiger partial charge is 0.147 e. The minimum absolute atomic E-state index is 0.134. The van der Waals surface area contributed by atoms with Gasteiger partial charge in [0.15, 0.2) is 0 Å². The van der Waals surface area contributed by atoms with Crippen LogP contribution < -0.4 is 0 Å². The van der Waals surface area contributed by atoms with Crippen molar-refractivity contribution in [3.8, 4) is 5.75 Å². The first-order valence-corrected chi connectivity index (χ1v) is 10.2. The van der Waals surface area contributed by atoms with Crippen molar-refractivity contribution in [2.24, 2.45) is 0 Å². The molecule has 1 aliphatic heterocycles. The zero-order valence-electron chi connectivity index (χ0n) is 15.4. The number of pyridine rings is 1.